The van der Waals surface area contributed by atoms with Crippen LogP contribution in [0.15, 0.2) is 18.2 Å². The van der Waals surface area contributed by atoms with Crippen LogP contribution in [0.25, 0.3) is 0 Å². The average Bonchev–Trinajstić information content (AvgIpc) is 2.37. The van der Waals surface area contributed by atoms with E-state index in [2.05, 4.69) is 9.80 Å². The standard InChI is InChI=1S/C14H21N3O3/c1-11-8-12(4-5-14(11)17(18)19)16-6-7-20-13(10-16)9-15(2)3/h4-5,8,13H,6-7,9-10H2,1-3H3. The minimum Gasteiger partial charge on any atom is -0.373 e. The molecule has 6 heteroatoms. The molecule has 0 amide bonds. The Hall–Kier alpha value is -1.66. The molecule has 1 heterocycles. The van der Waals surface area contributed by atoms with Gasteiger partial charge in [-0.3, -0.25) is 10.1 Å². The summed E-state index contributed by atoms with van der Waals surface area (Å²) in [5, 5.41) is 10.8. The van der Waals surface area contributed by atoms with Crippen molar-refractivity contribution in [3.05, 3.63) is 33.9 Å². The highest BCUT2D eigenvalue weighted by Crippen LogP contribution is 2.25. The van der Waals surface area contributed by atoms with Gasteiger partial charge in [-0.25, -0.2) is 0 Å². The van der Waals surface area contributed by atoms with Crippen LogP contribution in [-0.4, -0.2) is 56.3 Å². The number of aryl methyl sites for hydroxylation is 1. The van der Waals surface area contributed by atoms with Crippen molar-refractivity contribution in [2.24, 2.45) is 0 Å². The zero-order valence-corrected chi connectivity index (χ0v) is 12.2. The number of nitro groups is 1. The van der Waals surface area contributed by atoms with Gasteiger partial charge in [-0.15, -0.1) is 0 Å². The van der Waals surface area contributed by atoms with Crippen molar-refractivity contribution in [3.8, 4) is 0 Å². The number of nitrogens with zero attached hydrogens (tertiary/aromatic N) is 3. The van der Waals surface area contributed by atoms with Crippen LogP contribution in [-0.2, 0) is 4.74 Å². The van der Waals surface area contributed by atoms with E-state index in [1.807, 2.05) is 26.2 Å². The highest BCUT2D eigenvalue weighted by atomic mass is 16.6. The Labute approximate surface area is 119 Å². The Balaban J connectivity index is 2.11. The highest BCUT2D eigenvalue weighted by molar-refractivity contribution is 5.55. The number of hydrogen-bond acceptors (Lipinski definition) is 5. The van der Waals surface area contributed by atoms with Gasteiger partial charge in [0.25, 0.3) is 5.69 Å². The second-order valence-electron chi connectivity index (χ2n) is 5.43. The molecule has 1 aromatic rings. The fraction of sp³-hybridized carbons (Fsp3) is 0.571. The maximum absolute atomic E-state index is 10.8. The monoisotopic (exact) mass is 279 g/mol. The molecule has 1 atom stereocenters. The Morgan fingerprint density at radius 1 is 1.50 bits per heavy atom. The van der Waals surface area contributed by atoms with Crippen molar-refractivity contribution in [2.75, 3.05) is 45.2 Å². The molecule has 2 rings (SSSR count). The van der Waals surface area contributed by atoms with Crippen molar-refractivity contribution in [1.82, 2.24) is 4.90 Å². The molecule has 1 aromatic carbocycles. The SMILES string of the molecule is Cc1cc(N2CCOC(CN(C)C)C2)ccc1[N+](=O)[O-]. The zero-order chi connectivity index (χ0) is 14.7. The molecule has 0 aromatic heterocycles. The number of nitro benzene ring substituents is 1. The second-order valence-corrected chi connectivity index (χ2v) is 5.43. The first-order valence-corrected chi connectivity index (χ1v) is 6.73. The van der Waals surface area contributed by atoms with Crippen LogP contribution >= 0.6 is 0 Å². The minimum atomic E-state index is -0.340. The van der Waals surface area contributed by atoms with E-state index in [-0.39, 0.29) is 16.7 Å². The molecule has 1 unspecified atom stereocenters. The van der Waals surface area contributed by atoms with Gasteiger partial charge in [0, 0.05) is 37.0 Å². The lowest BCUT2D eigenvalue weighted by Gasteiger charge is -2.35. The van der Waals surface area contributed by atoms with Crippen molar-refractivity contribution < 1.29 is 9.66 Å². The third-order valence-corrected chi connectivity index (χ3v) is 3.45. The van der Waals surface area contributed by atoms with E-state index < -0.39 is 0 Å². The average molecular weight is 279 g/mol. The van der Waals surface area contributed by atoms with Gasteiger partial charge < -0.3 is 14.5 Å². The Morgan fingerprint density at radius 3 is 2.85 bits per heavy atom. The van der Waals surface area contributed by atoms with E-state index in [1.165, 1.54) is 0 Å². The molecule has 1 aliphatic rings. The van der Waals surface area contributed by atoms with E-state index in [0.29, 0.717) is 12.2 Å². The number of hydrogen-bond donors (Lipinski definition) is 0. The number of benzene rings is 1. The summed E-state index contributed by atoms with van der Waals surface area (Å²) in [6.07, 6.45) is 0.175. The first-order valence-electron chi connectivity index (χ1n) is 6.73. The number of ether oxygens (including phenoxy) is 1. The van der Waals surface area contributed by atoms with Gasteiger partial charge >= 0.3 is 0 Å². The summed E-state index contributed by atoms with van der Waals surface area (Å²) in [5.74, 6) is 0. The van der Waals surface area contributed by atoms with Crippen LogP contribution in [0, 0.1) is 17.0 Å². The Bertz CT molecular complexity index is 491. The summed E-state index contributed by atoms with van der Waals surface area (Å²) in [7, 11) is 4.05. The third kappa shape index (κ3) is 3.46. The maximum Gasteiger partial charge on any atom is 0.272 e. The smallest absolute Gasteiger partial charge is 0.272 e. The molecule has 0 saturated carbocycles. The predicted molar refractivity (Wildman–Crippen MR) is 78.3 cm³/mol. The molecule has 0 radical (unpaired) electrons. The third-order valence-electron chi connectivity index (χ3n) is 3.45. The summed E-state index contributed by atoms with van der Waals surface area (Å²) in [6.45, 7) is 4.98. The second kappa shape index (κ2) is 6.19. The predicted octanol–water partition coefficient (Wildman–Crippen LogP) is 1.67. The highest BCUT2D eigenvalue weighted by Gasteiger charge is 2.22. The number of rotatable bonds is 4. The maximum atomic E-state index is 10.8. The summed E-state index contributed by atoms with van der Waals surface area (Å²) < 4.78 is 5.74. The molecule has 1 fully saturated rings. The first kappa shape index (κ1) is 14.7. The van der Waals surface area contributed by atoms with Crippen LogP contribution in [0.5, 0.6) is 0 Å². The van der Waals surface area contributed by atoms with Gasteiger partial charge in [0.2, 0.25) is 0 Å². The molecule has 0 bridgehead atoms. The fourth-order valence-corrected chi connectivity index (χ4v) is 2.51. The van der Waals surface area contributed by atoms with Gasteiger partial charge in [0.15, 0.2) is 0 Å². The van der Waals surface area contributed by atoms with Gasteiger partial charge in [-0.1, -0.05) is 0 Å². The van der Waals surface area contributed by atoms with E-state index in [9.17, 15) is 10.1 Å². The lowest BCUT2D eigenvalue weighted by molar-refractivity contribution is -0.385. The molecule has 0 spiro atoms. The summed E-state index contributed by atoms with van der Waals surface area (Å²) in [4.78, 5) is 14.8. The molecular weight excluding hydrogens is 258 g/mol. The molecule has 1 saturated heterocycles. The van der Waals surface area contributed by atoms with Crippen molar-refractivity contribution in [3.63, 3.8) is 0 Å². The molecule has 0 N–H and O–H groups in total. The largest absolute Gasteiger partial charge is 0.373 e. The van der Waals surface area contributed by atoms with E-state index in [0.717, 1.165) is 25.3 Å². The van der Waals surface area contributed by atoms with Crippen molar-refractivity contribution in [1.29, 1.82) is 0 Å². The number of morpholine rings is 1. The van der Waals surface area contributed by atoms with Crippen molar-refractivity contribution >= 4 is 11.4 Å². The molecule has 1 aliphatic heterocycles. The molecule has 20 heavy (non-hydrogen) atoms. The van der Waals surface area contributed by atoms with E-state index in [1.54, 1.807) is 13.0 Å². The fourth-order valence-electron chi connectivity index (χ4n) is 2.51. The Kier molecular flexibility index (Phi) is 4.57. The van der Waals surface area contributed by atoms with E-state index >= 15 is 0 Å². The van der Waals surface area contributed by atoms with Crippen LogP contribution in [0.1, 0.15) is 5.56 Å². The summed E-state index contributed by atoms with van der Waals surface area (Å²) in [5.41, 5.74) is 1.90. The lowest BCUT2D eigenvalue weighted by Crippen LogP contribution is -2.46. The minimum absolute atomic E-state index is 0.173. The van der Waals surface area contributed by atoms with Gasteiger partial charge in [0.05, 0.1) is 17.6 Å². The Morgan fingerprint density at radius 2 is 2.25 bits per heavy atom. The molecular formula is C14H21N3O3. The van der Waals surface area contributed by atoms with Crippen LogP contribution in [0.2, 0.25) is 0 Å². The quantitative estimate of drug-likeness (QED) is 0.620. The van der Waals surface area contributed by atoms with Crippen LogP contribution < -0.4 is 4.90 Å². The first-order chi connectivity index (χ1) is 9.47. The van der Waals surface area contributed by atoms with Crippen molar-refractivity contribution in [2.45, 2.75) is 13.0 Å². The van der Waals surface area contributed by atoms with Crippen LogP contribution in [0.3, 0.4) is 0 Å². The van der Waals surface area contributed by atoms with Gasteiger partial charge in [-0.2, -0.15) is 0 Å². The number of anilines is 1. The molecule has 110 valence electrons. The normalized spacial score (nSPS) is 19.4. The van der Waals surface area contributed by atoms with Crippen LogP contribution in [0.4, 0.5) is 11.4 Å². The lowest BCUT2D eigenvalue weighted by atomic mass is 10.1. The molecule has 6 nitrogen and oxygen atoms in total. The number of likely N-dealkylation sites (N-methyl/N-ethyl adjacent to an activating group) is 1. The van der Waals surface area contributed by atoms with Gasteiger partial charge in [0.1, 0.15) is 0 Å². The zero-order valence-electron chi connectivity index (χ0n) is 12.2. The summed E-state index contributed by atoms with van der Waals surface area (Å²) >= 11 is 0. The van der Waals surface area contributed by atoms with Gasteiger partial charge in [-0.05, 0) is 33.2 Å². The topological polar surface area (TPSA) is 58.8 Å². The molecule has 0 aliphatic carbocycles. The summed E-state index contributed by atoms with van der Waals surface area (Å²) in [6, 6.07) is 5.29. The van der Waals surface area contributed by atoms with E-state index in [4.69, 9.17) is 4.74 Å².